The number of fused-ring (bicyclic) bond motifs is 2. The van der Waals surface area contributed by atoms with Crippen molar-refractivity contribution in [3.63, 3.8) is 0 Å². The third kappa shape index (κ3) is 4.52. The van der Waals surface area contributed by atoms with Crippen LogP contribution < -0.4 is 14.4 Å². The normalized spacial score (nSPS) is 19.8. The summed E-state index contributed by atoms with van der Waals surface area (Å²) in [7, 11) is 0. The van der Waals surface area contributed by atoms with Gasteiger partial charge in [0.05, 0.1) is 28.9 Å². The Balaban J connectivity index is 2.24. The molecule has 10 heteroatoms. The van der Waals surface area contributed by atoms with E-state index in [1.54, 1.807) is 27.7 Å². The van der Waals surface area contributed by atoms with Crippen LogP contribution in [-0.2, 0) is 6.18 Å². The fourth-order valence-electron chi connectivity index (χ4n) is 3.60. The van der Waals surface area contributed by atoms with Gasteiger partial charge in [0.1, 0.15) is 18.4 Å². The topological polar surface area (TPSA) is 34.6 Å². The van der Waals surface area contributed by atoms with Crippen molar-refractivity contribution < 1.29 is 35.8 Å². The number of alkyl halides is 6. The molecule has 1 aromatic carbocycles. The highest BCUT2D eigenvalue weighted by Crippen LogP contribution is 2.44. The minimum atomic E-state index is -4.74. The van der Waals surface area contributed by atoms with Gasteiger partial charge in [0, 0.05) is 17.5 Å². The van der Waals surface area contributed by atoms with Gasteiger partial charge in [-0.2, -0.15) is 26.3 Å². The molecule has 1 aliphatic rings. The fourth-order valence-corrected chi connectivity index (χ4v) is 3.60. The third-order valence-corrected chi connectivity index (χ3v) is 4.90. The molecule has 1 aliphatic heterocycles. The molecule has 2 heterocycles. The van der Waals surface area contributed by atoms with E-state index in [4.69, 9.17) is 9.47 Å². The van der Waals surface area contributed by atoms with Gasteiger partial charge in [0.25, 0.3) is 0 Å². The van der Waals surface area contributed by atoms with Gasteiger partial charge in [-0.25, -0.2) is 4.98 Å². The second kappa shape index (κ2) is 7.70. The predicted molar refractivity (Wildman–Crippen MR) is 100 cm³/mol. The SMILES string of the molecule is CC[C@@H]1Oc2cc3nc(OC(C)C)cc(C(F)(F)F)c3cc2N(CC(F)(F)F)[C@@H]1C. The lowest BCUT2D eigenvalue weighted by atomic mass is 10.0. The molecule has 0 amide bonds. The van der Waals surface area contributed by atoms with Gasteiger partial charge in [-0.15, -0.1) is 0 Å². The van der Waals surface area contributed by atoms with Gasteiger partial charge in [-0.05, 0) is 33.3 Å². The van der Waals surface area contributed by atoms with E-state index in [2.05, 4.69) is 4.98 Å². The Morgan fingerprint density at radius 3 is 2.33 bits per heavy atom. The van der Waals surface area contributed by atoms with Crippen LogP contribution in [0.2, 0.25) is 0 Å². The first-order valence-corrected chi connectivity index (χ1v) is 9.53. The molecule has 2 atom stereocenters. The largest absolute Gasteiger partial charge is 0.486 e. The summed E-state index contributed by atoms with van der Waals surface area (Å²) in [6.45, 7) is 5.34. The Labute approximate surface area is 169 Å². The highest BCUT2D eigenvalue weighted by atomic mass is 19.4. The molecule has 1 aromatic heterocycles. The average molecular weight is 436 g/mol. The maximum atomic E-state index is 13.7. The van der Waals surface area contributed by atoms with Crippen molar-refractivity contribution in [2.45, 2.75) is 64.7 Å². The lowest BCUT2D eigenvalue weighted by Crippen LogP contribution is -2.51. The average Bonchev–Trinajstić information content (AvgIpc) is 2.59. The molecule has 0 saturated heterocycles. The standard InChI is InChI=1S/C20H22F6N2O2/c1-5-16-11(4)28(9-19(21,22)23)15-6-12-13(20(24,25)26)7-18(29-10(2)3)27-14(12)8-17(15)30-16/h6-8,10-11,16H,5,9H2,1-4H3/t11-,16+/m1/s1. The smallest absolute Gasteiger partial charge is 0.417 e. The number of rotatable bonds is 4. The van der Waals surface area contributed by atoms with Crippen LogP contribution in [0.1, 0.15) is 39.7 Å². The molecule has 0 aliphatic carbocycles. The van der Waals surface area contributed by atoms with E-state index < -0.39 is 42.7 Å². The highest BCUT2D eigenvalue weighted by molar-refractivity contribution is 5.90. The van der Waals surface area contributed by atoms with Gasteiger partial charge >= 0.3 is 12.4 Å². The summed E-state index contributed by atoms with van der Waals surface area (Å²) in [5.41, 5.74) is -1.12. The molecule has 166 valence electrons. The molecule has 30 heavy (non-hydrogen) atoms. The van der Waals surface area contributed by atoms with Crippen LogP contribution in [0.3, 0.4) is 0 Å². The number of pyridine rings is 1. The van der Waals surface area contributed by atoms with Crippen LogP contribution in [0, 0.1) is 0 Å². The molecule has 0 N–H and O–H groups in total. The molecule has 0 saturated carbocycles. The van der Waals surface area contributed by atoms with Crippen molar-refractivity contribution in [1.29, 1.82) is 0 Å². The summed E-state index contributed by atoms with van der Waals surface area (Å²) in [5.74, 6) is -0.146. The number of nitrogens with zero attached hydrogens (tertiary/aromatic N) is 2. The third-order valence-electron chi connectivity index (χ3n) is 4.90. The molecule has 3 rings (SSSR count). The zero-order chi connectivity index (χ0) is 22.4. The summed E-state index contributed by atoms with van der Waals surface area (Å²) in [6, 6.07) is 2.43. The van der Waals surface area contributed by atoms with Gasteiger partial charge in [-0.3, -0.25) is 0 Å². The van der Waals surface area contributed by atoms with Crippen LogP contribution in [0.15, 0.2) is 18.2 Å². The number of anilines is 1. The quantitative estimate of drug-likeness (QED) is 0.554. The van der Waals surface area contributed by atoms with Crippen LogP contribution in [0.4, 0.5) is 32.0 Å². The second-order valence-corrected chi connectivity index (χ2v) is 7.56. The minimum absolute atomic E-state index is 0.0400. The second-order valence-electron chi connectivity index (χ2n) is 7.56. The molecule has 0 spiro atoms. The maximum Gasteiger partial charge on any atom is 0.417 e. The molecule has 4 nitrogen and oxygen atoms in total. The lowest BCUT2D eigenvalue weighted by molar-refractivity contribution is -0.136. The van der Waals surface area contributed by atoms with Crippen molar-refractivity contribution in [2.24, 2.45) is 0 Å². The maximum absolute atomic E-state index is 13.7. The monoisotopic (exact) mass is 436 g/mol. The lowest BCUT2D eigenvalue weighted by Gasteiger charge is -2.42. The first kappa shape index (κ1) is 22.3. The van der Waals surface area contributed by atoms with Gasteiger partial charge < -0.3 is 14.4 Å². The zero-order valence-electron chi connectivity index (χ0n) is 16.9. The Hall–Kier alpha value is -2.39. The van der Waals surface area contributed by atoms with Gasteiger partial charge in [-0.1, -0.05) is 6.92 Å². The number of hydrogen-bond acceptors (Lipinski definition) is 4. The molecule has 2 aromatic rings. The van der Waals surface area contributed by atoms with E-state index in [0.717, 1.165) is 17.0 Å². The van der Waals surface area contributed by atoms with Crippen molar-refractivity contribution in [3.8, 4) is 11.6 Å². The van der Waals surface area contributed by atoms with Crippen LogP contribution in [0.25, 0.3) is 10.9 Å². The first-order chi connectivity index (χ1) is 13.8. The van der Waals surface area contributed by atoms with E-state index in [1.807, 2.05) is 0 Å². The number of hydrogen-bond donors (Lipinski definition) is 0. The van der Waals surface area contributed by atoms with Crippen molar-refractivity contribution >= 4 is 16.6 Å². The van der Waals surface area contributed by atoms with Crippen LogP contribution >= 0.6 is 0 Å². The fraction of sp³-hybridized carbons (Fsp3) is 0.550. The van der Waals surface area contributed by atoms with E-state index in [0.29, 0.717) is 6.42 Å². The Kier molecular flexibility index (Phi) is 5.72. The predicted octanol–water partition coefficient (Wildman–Crippen LogP) is 5.97. The summed E-state index contributed by atoms with van der Waals surface area (Å²) in [5, 5.41) is -0.310. The molecule has 0 fully saturated rings. The number of halogens is 6. The molecule has 0 radical (unpaired) electrons. The Bertz CT molecular complexity index is 926. The molecule has 0 bridgehead atoms. The van der Waals surface area contributed by atoms with Crippen molar-refractivity contribution in [2.75, 3.05) is 11.4 Å². The van der Waals surface area contributed by atoms with Gasteiger partial charge in [0.15, 0.2) is 0 Å². The Morgan fingerprint density at radius 1 is 1.13 bits per heavy atom. The number of aromatic nitrogens is 1. The number of benzene rings is 1. The van der Waals surface area contributed by atoms with Gasteiger partial charge in [0.2, 0.25) is 5.88 Å². The summed E-state index contributed by atoms with van der Waals surface area (Å²) >= 11 is 0. The summed E-state index contributed by atoms with van der Waals surface area (Å²) in [6.07, 6.45) is -9.79. The highest BCUT2D eigenvalue weighted by Gasteiger charge is 2.41. The summed E-state index contributed by atoms with van der Waals surface area (Å²) < 4.78 is 91.9. The van der Waals surface area contributed by atoms with Crippen LogP contribution in [-0.4, -0.2) is 36.0 Å². The van der Waals surface area contributed by atoms with E-state index in [1.165, 1.54) is 6.07 Å². The van der Waals surface area contributed by atoms with Crippen molar-refractivity contribution in [3.05, 3.63) is 23.8 Å². The molecule has 0 unspecified atom stereocenters. The van der Waals surface area contributed by atoms with Crippen molar-refractivity contribution in [1.82, 2.24) is 4.98 Å². The first-order valence-electron chi connectivity index (χ1n) is 9.53. The van der Waals surface area contributed by atoms with E-state index in [9.17, 15) is 26.3 Å². The van der Waals surface area contributed by atoms with Crippen LogP contribution in [0.5, 0.6) is 11.6 Å². The minimum Gasteiger partial charge on any atom is -0.486 e. The Morgan fingerprint density at radius 2 is 1.80 bits per heavy atom. The number of ether oxygens (including phenoxy) is 2. The zero-order valence-corrected chi connectivity index (χ0v) is 16.9. The summed E-state index contributed by atoms with van der Waals surface area (Å²) in [4.78, 5) is 5.17. The molecular weight excluding hydrogens is 414 g/mol. The van der Waals surface area contributed by atoms with E-state index >= 15 is 0 Å². The molecular formula is C20H22F6N2O2. The van der Waals surface area contributed by atoms with E-state index in [-0.39, 0.29) is 28.2 Å².